The molecule has 0 aliphatic carbocycles. The monoisotopic (exact) mass is 438 g/mol. The molecule has 0 aliphatic rings. The maximum atomic E-state index is 11.3. The van der Waals surface area contributed by atoms with Crippen molar-refractivity contribution >= 4 is 51.8 Å². The molecule has 1 aromatic carbocycles. The molecule has 4 nitrogen and oxygen atoms in total. The molecule has 0 amide bonds. The molecule has 0 saturated heterocycles. The van der Waals surface area contributed by atoms with Crippen molar-refractivity contribution in [2.45, 2.75) is 26.2 Å². The van der Waals surface area contributed by atoms with E-state index >= 15 is 0 Å². The third kappa shape index (κ3) is 3.19. The first-order valence-corrected chi connectivity index (χ1v) is 7.94. The smallest absolute Gasteiger partial charge is 0.357 e. The van der Waals surface area contributed by atoms with Crippen LogP contribution in [0.3, 0.4) is 0 Å². The van der Waals surface area contributed by atoms with E-state index in [1.165, 1.54) is 0 Å². The Morgan fingerprint density at radius 3 is 2.38 bits per heavy atom. The maximum Gasteiger partial charge on any atom is 0.357 e. The van der Waals surface area contributed by atoms with E-state index in [9.17, 15) is 9.90 Å². The Hall–Kier alpha value is -0.790. The highest BCUT2D eigenvalue weighted by atomic mass is 127. The van der Waals surface area contributed by atoms with Gasteiger partial charge in [-0.05, 0) is 40.8 Å². The van der Waals surface area contributed by atoms with E-state index in [0.717, 1.165) is 5.69 Å². The second-order valence-electron chi connectivity index (χ2n) is 5.58. The van der Waals surface area contributed by atoms with Gasteiger partial charge in [0.25, 0.3) is 0 Å². The van der Waals surface area contributed by atoms with Crippen molar-refractivity contribution in [3.05, 3.63) is 43.2 Å². The third-order valence-electron chi connectivity index (χ3n) is 2.89. The number of hydrogen-bond donors (Lipinski definition) is 1. The molecule has 0 bridgehead atoms. The zero-order chi connectivity index (χ0) is 15.9. The molecule has 112 valence electrons. The lowest BCUT2D eigenvalue weighted by molar-refractivity contribution is 0.0689. The van der Waals surface area contributed by atoms with Crippen molar-refractivity contribution < 1.29 is 9.90 Å². The molecule has 0 fully saturated rings. The number of carbonyl (C=O) groups is 1. The minimum Gasteiger partial charge on any atom is -0.476 e. The van der Waals surface area contributed by atoms with Crippen LogP contribution >= 0.6 is 45.8 Å². The summed E-state index contributed by atoms with van der Waals surface area (Å²) in [6.45, 7) is 6.02. The Balaban J connectivity index is 2.75. The van der Waals surface area contributed by atoms with Gasteiger partial charge in [0.1, 0.15) is 0 Å². The highest BCUT2D eigenvalue weighted by Gasteiger charge is 2.29. The van der Waals surface area contributed by atoms with Crippen molar-refractivity contribution in [3.8, 4) is 5.69 Å². The second kappa shape index (κ2) is 5.78. The van der Waals surface area contributed by atoms with E-state index in [1.807, 2.05) is 43.4 Å². The zero-order valence-electron chi connectivity index (χ0n) is 11.6. The normalized spacial score (nSPS) is 11.7. The van der Waals surface area contributed by atoms with Crippen LogP contribution in [0.15, 0.2) is 18.2 Å². The van der Waals surface area contributed by atoms with Crippen LogP contribution in [0.5, 0.6) is 0 Å². The number of carboxylic acids is 1. The van der Waals surface area contributed by atoms with Crippen LogP contribution in [-0.4, -0.2) is 20.9 Å². The largest absolute Gasteiger partial charge is 0.476 e. The van der Waals surface area contributed by atoms with Gasteiger partial charge in [-0.2, -0.15) is 5.10 Å². The van der Waals surface area contributed by atoms with E-state index in [-0.39, 0.29) is 11.1 Å². The number of carboxylic acid groups (broad SMARTS) is 1. The van der Waals surface area contributed by atoms with Crippen molar-refractivity contribution in [3.63, 3.8) is 0 Å². The maximum absolute atomic E-state index is 11.3. The van der Waals surface area contributed by atoms with Gasteiger partial charge in [0.05, 0.1) is 25.0 Å². The Morgan fingerprint density at radius 2 is 1.90 bits per heavy atom. The number of halogens is 3. The van der Waals surface area contributed by atoms with Crippen molar-refractivity contribution in [2.24, 2.45) is 0 Å². The molecule has 0 aliphatic heterocycles. The number of aromatic carboxylic acids is 1. The molecule has 2 aromatic rings. The average molecular weight is 439 g/mol. The van der Waals surface area contributed by atoms with Gasteiger partial charge in [-0.3, -0.25) is 0 Å². The molecular formula is C14H13Cl2IN2O2. The Labute approximate surface area is 146 Å². The highest BCUT2D eigenvalue weighted by molar-refractivity contribution is 14.1. The number of benzene rings is 1. The van der Waals surface area contributed by atoms with Crippen LogP contribution in [-0.2, 0) is 5.41 Å². The summed E-state index contributed by atoms with van der Waals surface area (Å²) in [6.07, 6.45) is 0. The van der Waals surface area contributed by atoms with Gasteiger partial charge in [-0.15, -0.1) is 0 Å². The van der Waals surface area contributed by atoms with Crippen LogP contribution in [0.25, 0.3) is 5.69 Å². The van der Waals surface area contributed by atoms with E-state index in [4.69, 9.17) is 23.2 Å². The minimum absolute atomic E-state index is 0.0339. The summed E-state index contributed by atoms with van der Waals surface area (Å²) in [7, 11) is 0. The topological polar surface area (TPSA) is 55.1 Å². The zero-order valence-corrected chi connectivity index (χ0v) is 15.3. The van der Waals surface area contributed by atoms with Crippen LogP contribution in [0.2, 0.25) is 10.0 Å². The fraction of sp³-hybridized carbons (Fsp3) is 0.286. The van der Waals surface area contributed by atoms with Gasteiger partial charge >= 0.3 is 5.97 Å². The number of hydrogen-bond acceptors (Lipinski definition) is 2. The summed E-state index contributed by atoms with van der Waals surface area (Å²) >= 11 is 14.0. The highest BCUT2D eigenvalue weighted by Crippen LogP contribution is 2.33. The van der Waals surface area contributed by atoms with Gasteiger partial charge in [0, 0.05) is 5.41 Å². The molecule has 1 heterocycles. The third-order valence-corrected chi connectivity index (χ3v) is 4.65. The molecule has 21 heavy (non-hydrogen) atoms. The van der Waals surface area contributed by atoms with Crippen molar-refractivity contribution in [2.75, 3.05) is 0 Å². The number of rotatable bonds is 2. The molecule has 0 atom stereocenters. The molecule has 1 aromatic heterocycles. The molecule has 1 N–H and O–H groups in total. The van der Waals surface area contributed by atoms with Gasteiger partial charge in [-0.25, -0.2) is 9.48 Å². The molecule has 0 radical (unpaired) electrons. The lowest BCUT2D eigenvalue weighted by atomic mass is 9.91. The second-order valence-corrected chi connectivity index (χ2v) is 7.47. The predicted molar refractivity (Wildman–Crippen MR) is 92.0 cm³/mol. The summed E-state index contributed by atoms with van der Waals surface area (Å²) in [5.74, 6) is -1.05. The number of nitrogens with zero attached hydrogens (tertiary/aromatic N) is 2. The molecule has 2 rings (SSSR count). The lowest BCUT2D eigenvalue weighted by Gasteiger charge is -2.21. The van der Waals surface area contributed by atoms with E-state index < -0.39 is 5.97 Å². The molecule has 0 spiro atoms. The molecular weight excluding hydrogens is 426 g/mol. The fourth-order valence-electron chi connectivity index (χ4n) is 1.99. The van der Waals surface area contributed by atoms with Crippen LogP contribution in [0.4, 0.5) is 0 Å². The average Bonchev–Trinajstić information content (AvgIpc) is 2.70. The Morgan fingerprint density at radius 1 is 1.29 bits per heavy atom. The predicted octanol–water partition coefficient (Wildman–Crippen LogP) is 4.78. The van der Waals surface area contributed by atoms with Crippen LogP contribution in [0, 0.1) is 3.57 Å². The van der Waals surface area contributed by atoms with E-state index in [2.05, 4.69) is 5.10 Å². The van der Waals surface area contributed by atoms with Crippen LogP contribution < -0.4 is 0 Å². The minimum atomic E-state index is -1.05. The molecule has 7 heteroatoms. The van der Waals surface area contributed by atoms with Crippen molar-refractivity contribution in [1.82, 2.24) is 9.78 Å². The van der Waals surface area contributed by atoms with Crippen molar-refractivity contribution in [1.29, 1.82) is 0 Å². The van der Waals surface area contributed by atoms with Crippen LogP contribution in [0.1, 0.15) is 37.0 Å². The summed E-state index contributed by atoms with van der Waals surface area (Å²) < 4.78 is 2.24. The summed E-state index contributed by atoms with van der Waals surface area (Å²) in [5, 5.41) is 14.4. The fourth-order valence-corrected chi connectivity index (χ4v) is 3.65. The Kier molecular flexibility index (Phi) is 4.56. The molecule has 0 unspecified atom stereocenters. The van der Waals surface area contributed by atoms with E-state index in [1.54, 1.807) is 22.9 Å². The SMILES string of the molecule is CC(C)(C)c1c(I)c(C(=O)O)nn1-c1ccc(Cl)c(Cl)c1. The first-order chi connectivity index (χ1) is 9.62. The first-order valence-electron chi connectivity index (χ1n) is 6.10. The summed E-state index contributed by atoms with van der Waals surface area (Å²) in [4.78, 5) is 11.3. The summed E-state index contributed by atoms with van der Waals surface area (Å²) in [5.41, 5.74) is 1.26. The quantitative estimate of drug-likeness (QED) is 0.686. The lowest BCUT2D eigenvalue weighted by Crippen LogP contribution is -2.18. The van der Waals surface area contributed by atoms with Gasteiger partial charge in [0.15, 0.2) is 5.69 Å². The number of aromatic nitrogens is 2. The van der Waals surface area contributed by atoms with Gasteiger partial charge in [-0.1, -0.05) is 44.0 Å². The van der Waals surface area contributed by atoms with E-state index in [0.29, 0.717) is 19.3 Å². The van der Waals surface area contributed by atoms with Gasteiger partial charge in [0.2, 0.25) is 0 Å². The van der Waals surface area contributed by atoms with Gasteiger partial charge < -0.3 is 5.11 Å². The molecule has 0 saturated carbocycles. The summed E-state index contributed by atoms with van der Waals surface area (Å²) in [6, 6.07) is 5.10. The Bertz CT molecular complexity index is 720. The standard InChI is InChI=1S/C14H13Cl2IN2O2/c1-14(2,3)12-10(17)11(13(20)21)18-19(12)7-4-5-8(15)9(16)6-7/h4-6H,1-3H3,(H,20,21). The first kappa shape index (κ1) is 16.6.